The second-order valence-electron chi connectivity index (χ2n) is 5.98. The number of likely N-dealkylation sites (N-methyl/N-ethyl adjacent to an activating group) is 1. The molecular weight excluding hydrogens is 396 g/mol. The van der Waals surface area contributed by atoms with Crippen molar-refractivity contribution in [2.45, 2.75) is 26.4 Å². The van der Waals surface area contributed by atoms with Gasteiger partial charge in [-0.1, -0.05) is 40.2 Å². The lowest BCUT2D eigenvalue weighted by Gasteiger charge is -2.28. The van der Waals surface area contributed by atoms with Crippen LogP contribution in [-0.2, 0) is 16.1 Å². The zero-order valence-electron chi connectivity index (χ0n) is 15.2. The predicted octanol–water partition coefficient (Wildman–Crippen LogP) is 3.30. The van der Waals surface area contributed by atoms with Crippen LogP contribution >= 0.6 is 15.9 Å². The van der Waals surface area contributed by atoms with Crippen molar-refractivity contribution in [2.24, 2.45) is 0 Å². The maximum absolute atomic E-state index is 12.8. The Morgan fingerprint density at radius 3 is 2.42 bits per heavy atom. The number of benzene rings is 2. The number of hydrogen-bond acceptors (Lipinski definition) is 3. The zero-order chi connectivity index (χ0) is 19.1. The molecule has 5 nitrogen and oxygen atoms in total. The summed E-state index contributed by atoms with van der Waals surface area (Å²) in [5.41, 5.74) is 2.07. The van der Waals surface area contributed by atoms with E-state index in [1.54, 1.807) is 31.0 Å². The minimum atomic E-state index is -0.597. The van der Waals surface area contributed by atoms with E-state index < -0.39 is 6.04 Å². The topological polar surface area (TPSA) is 58.6 Å². The summed E-state index contributed by atoms with van der Waals surface area (Å²) >= 11 is 3.36. The van der Waals surface area contributed by atoms with Gasteiger partial charge in [0.2, 0.25) is 5.91 Å². The summed E-state index contributed by atoms with van der Waals surface area (Å²) in [5, 5.41) is 2.60. The summed E-state index contributed by atoms with van der Waals surface area (Å²) in [4.78, 5) is 26.4. The minimum absolute atomic E-state index is 0.130. The molecule has 1 atom stereocenters. The number of aryl methyl sites for hydroxylation is 1. The number of nitrogens with one attached hydrogen (secondary N) is 1. The molecule has 1 unspecified atom stereocenters. The fourth-order valence-corrected chi connectivity index (χ4v) is 2.79. The van der Waals surface area contributed by atoms with Crippen LogP contribution in [0.25, 0.3) is 0 Å². The highest BCUT2D eigenvalue weighted by Gasteiger charge is 2.26. The lowest BCUT2D eigenvalue weighted by Crippen LogP contribution is -2.48. The van der Waals surface area contributed by atoms with Gasteiger partial charge < -0.3 is 15.0 Å². The Labute approximate surface area is 162 Å². The van der Waals surface area contributed by atoms with Crippen molar-refractivity contribution >= 4 is 27.7 Å². The van der Waals surface area contributed by atoms with E-state index >= 15 is 0 Å². The van der Waals surface area contributed by atoms with Crippen molar-refractivity contribution in [3.63, 3.8) is 0 Å². The first kappa shape index (κ1) is 20.0. The minimum Gasteiger partial charge on any atom is -0.484 e. The van der Waals surface area contributed by atoms with Gasteiger partial charge in [-0.2, -0.15) is 0 Å². The van der Waals surface area contributed by atoms with Gasteiger partial charge >= 0.3 is 0 Å². The first-order valence-corrected chi connectivity index (χ1v) is 9.15. The molecule has 0 aliphatic carbocycles. The van der Waals surface area contributed by atoms with Gasteiger partial charge in [-0.05, 0) is 49.2 Å². The molecule has 2 rings (SSSR count). The van der Waals surface area contributed by atoms with Gasteiger partial charge in [0.05, 0.1) is 0 Å². The Kier molecular flexibility index (Phi) is 7.21. The Balaban J connectivity index is 2.13. The van der Waals surface area contributed by atoms with E-state index in [0.717, 1.165) is 15.6 Å². The highest BCUT2D eigenvalue weighted by molar-refractivity contribution is 9.10. The number of hydrogen-bond donors (Lipinski definition) is 1. The van der Waals surface area contributed by atoms with Crippen LogP contribution in [0.3, 0.4) is 0 Å². The molecule has 0 fully saturated rings. The number of carbonyl (C=O) groups excluding carboxylic acids is 2. The van der Waals surface area contributed by atoms with Crippen LogP contribution in [-0.4, -0.2) is 36.4 Å². The van der Waals surface area contributed by atoms with Crippen LogP contribution in [0.2, 0.25) is 0 Å². The Hall–Kier alpha value is -2.34. The molecule has 0 aliphatic rings. The van der Waals surface area contributed by atoms with E-state index in [9.17, 15) is 9.59 Å². The summed E-state index contributed by atoms with van der Waals surface area (Å²) in [6, 6.07) is 14.5. The standard InChI is InChI=1S/C20H23BrN2O3/c1-14-6-4-5-7-16(14)12-23(15(2)20(25)22-3)19(24)13-26-18-10-8-17(21)9-11-18/h4-11,15H,12-13H2,1-3H3,(H,22,25). The van der Waals surface area contributed by atoms with Gasteiger partial charge in [0, 0.05) is 18.1 Å². The summed E-state index contributed by atoms with van der Waals surface area (Å²) in [5.74, 6) is 0.146. The molecule has 0 aromatic heterocycles. The average molecular weight is 419 g/mol. The van der Waals surface area contributed by atoms with Crippen LogP contribution in [0.4, 0.5) is 0 Å². The summed E-state index contributed by atoms with van der Waals surface area (Å²) in [7, 11) is 1.56. The average Bonchev–Trinajstić information content (AvgIpc) is 2.65. The number of amides is 2. The second-order valence-corrected chi connectivity index (χ2v) is 6.90. The lowest BCUT2D eigenvalue weighted by molar-refractivity contribution is -0.142. The van der Waals surface area contributed by atoms with E-state index in [-0.39, 0.29) is 18.4 Å². The van der Waals surface area contributed by atoms with Gasteiger partial charge in [0.25, 0.3) is 5.91 Å². The molecule has 138 valence electrons. The van der Waals surface area contributed by atoms with Gasteiger partial charge in [-0.25, -0.2) is 0 Å². The Bertz CT molecular complexity index is 762. The molecule has 0 spiro atoms. The summed E-state index contributed by atoms with van der Waals surface area (Å²) < 4.78 is 6.53. The van der Waals surface area contributed by atoms with E-state index in [4.69, 9.17) is 4.74 Å². The van der Waals surface area contributed by atoms with Crippen molar-refractivity contribution in [3.8, 4) is 5.75 Å². The largest absolute Gasteiger partial charge is 0.484 e. The number of nitrogens with zero attached hydrogens (tertiary/aromatic N) is 1. The molecule has 0 saturated carbocycles. The maximum Gasteiger partial charge on any atom is 0.261 e. The van der Waals surface area contributed by atoms with Gasteiger partial charge in [-0.3, -0.25) is 9.59 Å². The normalized spacial score (nSPS) is 11.5. The molecule has 2 amide bonds. The number of halogens is 1. The molecule has 0 bridgehead atoms. The highest BCUT2D eigenvalue weighted by Crippen LogP contribution is 2.17. The van der Waals surface area contributed by atoms with Crippen LogP contribution in [0.1, 0.15) is 18.1 Å². The molecule has 2 aromatic carbocycles. The summed E-state index contributed by atoms with van der Waals surface area (Å²) in [6.07, 6.45) is 0. The number of ether oxygens (including phenoxy) is 1. The molecule has 0 saturated heterocycles. The predicted molar refractivity (Wildman–Crippen MR) is 105 cm³/mol. The van der Waals surface area contributed by atoms with Gasteiger partial charge in [0.1, 0.15) is 11.8 Å². The quantitative estimate of drug-likeness (QED) is 0.750. The van der Waals surface area contributed by atoms with Crippen molar-refractivity contribution < 1.29 is 14.3 Å². The SMILES string of the molecule is CNC(=O)C(C)N(Cc1ccccc1C)C(=O)COc1ccc(Br)cc1. The molecule has 0 heterocycles. The highest BCUT2D eigenvalue weighted by atomic mass is 79.9. The summed E-state index contributed by atoms with van der Waals surface area (Å²) in [6.45, 7) is 3.92. The van der Waals surface area contributed by atoms with Gasteiger partial charge in [-0.15, -0.1) is 0 Å². The third kappa shape index (κ3) is 5.33. The van der Waals surface area contributed by atoms with E-state index in [1.165, 1.54) is 0 Å². The monoisotopic (exact) mass is 418 g/mol. The molecular formula is C20H23BrN2O3. The molecule has 0 aliphatic heterocycles. The van der Waals surface area contributed by atoms with E-state index in [1.807, 2.05) is 43.3 Å². The molecule has 1 N–H and O–H groups in total. The number of rotatable bonds is 7. The fourth-order valence-electron chi connectivity index (χ4n) is 2.52. The first-order valence-electron chi connectivity index (χ1n) is 8.36. The van der Waals surface area contributed by atoms with Crippen LogP contribution in [0, 0.1) is 6.92 Å². The second kappa shape index (κ2) is 9.38. The van der Waals surface area contributed by atoms with E-state index in [2.05, 4.69) is 21.2 Å². The number of carbonyl (C=O) groups is 2. The van der Waals surface area contributed by atoms with Crippen LogP contribution in [0.15, 0.2) is 53.0 Å². The van der Waals surface area contributed by atoms with Crippen molar-refractivity contribution in [1.29, 1.82) is 0 Å². The van der Waals surface area contributed by atoms with Gasteiger partial charge in [0.15, 0.2) is 6.61 Å². The lowest BCUT2D eigenvalue weighted by atomic mass is 10.1. The third-order valence-electron chi connectivity index (χ3n) is 4.19. The van der Waals surface area contributed by atoms with Crippen LogP contribution in [0.5, 0.6) is 5.75 Å². The fraction of sp³-hybridized carbons (Fsp3) is 0.300. The van der Waals surface area contributed by atoms with Crippen LogP contribution < -0.4 is 10.1 Å². The Morgan fingerprint density at radius 2 is 1.81 bits per heavy atom. The maximum atomic E-state index is 12.8. The van der Waals surface area contributed by atoms with Crippen molar-refractivity contribution in [2.75, 3.05) is 13.7 Å². The molecule has 6 heteroatoms. The first-order chi connectivity index (χ1) is 12.4. The van der Waals surface area contributed by atoms with Crippen molar-refractivity contribution in [3.05, 3.63) is 64.1 Å². The molecule has 2 aromatic rings. The smallest absolute Gasteiger partial charge is 0.261 e. The molecule has 0 radical (unpaired) electrons. The van der Waals surface area contributed by atoms with E-state index in [0.29, 0.717) is 12.3 Å². The Morgan fingerprint density at radius 1 is 1.15 bits per heavy atom. The molecule has 26 heavy (non-hydrogen) atoms. The van der Waals surface area contributed by atoms with Crippen molar-refractivity contribution in [1.82, 2.24) is 10.2 Å². The third-order valence-corrected chi connectivity index (χ3v) is 4.72. The zero-order valence-corrected chi connectivity index (χ0v) is 16.7.